The van der Waals surface area contributed by atoms with E-state index in [0.717, 1.165) is 11.3 Å². The Kier molecular flexibility index (Phi) is 8.55. The van der Waals surface area contributed by atoms with Crippen LogP contribution >= 0.6 is 22.9 Å². The molecule has 178 valence electrons. The van der Waals surface area contributed by atoms with Gasteiger partial charge in [0, 0.05) is 21.5 Å². The summed E-state index contributed by atoms with van der Waals surface area (Å²) in [5.74, 6) is -2.82. The zero-order valence-electron chi connectivity index (χ0n) is 17.7. The fourth-order valence-electron chi connectivity index (χ4n) is 2.94. The molecule has 0 fully saturated rings. The van der Waals surface area contributed by atoms with Crippen molar-refractivity contribution < 1.29 is 37.4 Å². The van der Waals surface area contributed by atoms with Crippen molar-refractivity contribution in [1.82, 2.24) is 0 Å². The van der Waals surface area contributed by atoms with Crippen LogP contribution in [0.2, 0.25) is 5.02 Å². The first-order valence-electron chi connectivity index (χ1n) is 9.86. The topological polar surface area (TPSA) is 90.9 Å². The van der Waals surface area contributed by atoms with Gasteiger partial charge in [-0.2, -0.15) is 8.78 Å². The summed E-state index contributed by atoms with van der Waals surface area (Å²) in [6.45, 7) is -2.11. The molecule has 0 atom stereocenters. The summed E-state index contributed by atoms with van der Waals surface area (Å²) in [7, 11) is 0. The highest BCUT2D eigenvalue weighted by molar-refractivity contribution is 7.15. The fraction of sp³-hybridized carbons (Fsp3) is 0.174. The first-order valence-corrected chi connectivity index (χ1v) is 11.1. The van der Waals surface area contributed by atoms with Gasteiger partial charge in [0.15, 0.2) is 6.61 Å². The molecule has 3 rings (SSSR count). The predicted octanol–water partition coefficient (Wildman–Crippen LogP) is 5.64. The van der Waals surface area contributed by atoms with Crippen LogP contribution in [0.3, 0.4) is 0 Å². The van der Waals surface area contributed by atoms with Crippen LogP contribution in [0.1, 0.15) is 27.6 Å². The average Bonchev–Trinajstić information content (AvgIpc) is 3.21. The van der Waals surface area contributed by atoms with Gasteiger partial charge in [-0.25, -0.2) is 9.59 Å². The lowest BCUT2D eigenvalue weighted by Crippen LogP contribution is -2.22. The molecule has 0 unspecified atom stereocenters. The van der Waals surface area contributed by atoms with E-state index in [2.05, 4.69) is 10.1 Å². The maximum absolute atomic E-state index is 12.6. The maximum Gasteiger partial charge on any atom is 0.387 e. The molecule has 1 heterocycles. The number of benzene rings is 2. The summed E-state index contributed by atoms with van der Waals surface area (Å²) in [6, 6.07) is 12.1. The molecule has 1 aromatic heterocycles. The van der Waals surface area contributed by atoms with Gasteiger partial charge in [0.2, 0.25) is 0 Å². The quantitative estimate of drug-likeness (QED) is 0.375. The summed E-state index contributed by atoms with van der Waals surface area (Å²) in [6.07, 6.45) is 0. The van der Waals surface area contributed by atoms with E-state index in [4.69, 9.17) is 21.1 Å². The largest absolute Gasteiger partial charge is 0.462 e. The minimum absolute atomic E-state index is 0.107. The molecule has 0 aliphatic rings. The lowest BCUT2D eigenvalue weighted by Gasteiger charge is -2.11. The highest BCUT2D eigenvalue weighted by atomic mass is 35.5. The Morgan fingerprint density at radius 3 is 2.41 bits per heavy atom. The number of carbonyl (C=O) groups is 3. The van der Waals surface area contributed by atoms with Crippen molar-refractivity contribution in [2.75, 3.05) is 18.5 Å². The minimum atomic E-state index is -3.13. The molecule has 1 amide bonds. The van der Waals surface area contributed by atoms with Crippen LogP contribution in [0, 0.1) is 0 Å². The Morgan fingerprint density at radius 2 is 1.71 bits per heavy atom. The normalized spacial score (nSPS) is 10.6. The Balaban J connectivity index is 1.76. The number of carbonyl (C=O) groups excluding carboxylic acids is 3. The van der Waals surface area contributed by atoms with Gasteiger partial charge in [-0.15, -0.1) is 11.3 Å². The number of thiophene rings is 1. The van der Waals surface area contributed by atoms with E-state index in [1.807, 2.05) is 0 Å². The van der Waals surface area contributed by atoms with Crippen LogP contribution in [-0.4, -0.2) is 37.7 Å². The zero-order valence-corrected chi connectivity index (χ0v) is 19.3. The molecule has 0 bridgehead atoms. The molecule has 0 aliphatic carbocycles. The van der Waals surface area contributed by atoms with Crippen LogP contribution in [-0.2, 0) is 14.3 Å². The molecular weight excluding hydrogens is 492 g/mol. The average molecular weight is 510 g/mol. The third-order valence-corrected chi connectivity index (χ3v) is 5.57. The monoisotopic (exact) mass is 509 g/mol. The highest BCUT2D eigenvalue weighted by Gasteiger charge is 2.24. The molecule has 3 aromatic rings. The number of halogens is 3. The number of para-hydroxylation sites is 1. The van der Waals surface area contributed by atoms with Crippen LogP contribution in [0.4, 0.5) is 13.8 Å². The van der Waals surface area contributed by atoms with Crippen molar-refractivity contribution in [2.24, 2.45) is 0 Å². The Bertz CT molecular complexity index is 1200. The number of hydrogen-bond acceptors (Lipinski definition) is 7. The van der Waals surface area contributed by atoms with Gasteiger partial charge in [-0.05, 0) is 25.1 Å². The van der Waals surface area contributed by atoms with E-state index < -0.39 is 31.1 Å². The van der Waals surface area contributed by atoms with E-state index in [1.165, 1.54) is 24.3 Å². The van der Waals surface area contributed by atoms with E-state index in [-0.39, 0.29) is 28.5 Å². The third kappa shape index (κ3) is 6.09. The summed E-state index contributed by atoms with van der Waals surface area (Å²) in [5.41, 5.74) is 0.890. The number of alkyl halides is 2. The second kappa shape index (κ2) is 11.6. The first-order chi connectivity index (χ1) is 16.3. The number of nitrogens with one attached hydrogen (secondary N) is 1. The van der Waals surface area contributed by atoms with Gasteiger partial charge >= 0.3 is 18.6 Å². The molecule has 11 heteroatoms. The highest BCUT2D eigenvalue weighted by Crippen LogP contribution is 2.39. The standard InChI is InChI=1S/C23H18ClF2NO6S/c1-2-31-22(30)19-15(13-7-3-5-9-16(13)24)12-34-20(19)27-18(28)11-32-21(29)14-8-4-6-10-17(14)33-23(25)26/h3-10,12,23H,2,11H2,1H3,(H,27,28). The second-order valence-electron chi connectivity index (χ2n) is 6.55. The molecule has 0 spiro atoms. The van der Waals surface area contributed by atoms with E-state index in [9.17, 15) is 23.2 Å². The fourth-order valence-corrected chi connectivity index (χ4v) is 4.14. The third-order valence-electron chi connectivity index (χ3n) is 4.34. The van der Waals surface area contributed by atoms with Crippen LogP contribution in [0.5, 0.6) is 5.75 Å². The first kappa shape index (κ1) is 25.1. The van der Waals surface area contributed by atoms with E-state index >= 15 is 0 Å². The Labute approximate surface area is 202 Å². The van der Waals surface area contributed by atoms with Gasteiger partial charge in [0.1, 0.15) is 21.9 Å². The lowest BCUT2D eigenvalue weighted by atomic mass is 10.0. The predicted molar refractivity (Wildman–Crippen MR) is 123 cm³/mol. The van der Waals surface area contributed by atoms with Crippen LogP contribution in [0.15, 0.2) is 53.9 Å². The molecular formula is C23H18ClF2NO6S. The van der Waals surface area contributed by atoms with Gasteiger partial charge in [0.25, 0.3) is 5.91 Å². The van der Waals surface area contributed by atoms with Crippen LogP contribution < -0.4 is 10.1 Å². The Morgan fingerprint density at radius 1 is 1.00 bits per heavy atom. The van der Waals surface area contributed by atoms with Gasteiger partial charge in [-0.3, -0.25) is 4.79 Å². The minimum Gasteiger partial charge on any atom is -0.462 e. The van der Waals surface area contributed by atoms with Gasteiger partial charge in [0.05, 0.1) is 6.61 Å². The number of rotatable bonds is 9. The zero-order chi connectivity index (χ0) is 24.7. The van der Waals surface area contributed by atoms with Crippen molar-refractivity contribution in [2.45, 2.75) is 13.5 Å². The van der Waals surface area contributed by atoms with Gasteiger partial charge < -0.3 is 19.5 Å². The lowest BCUT2D eigenvalue weighted by molar-refractivity contribution is -0.119. The Hall–Kier alpha value is -3.50. The second-order valence-corrected chi connectivity index (χ2v) is 7.84. The molecule has 34 heavy (non-hydrogen) atoms. The van der Waals surface area contributed by atoms with Crippen molar-refractivity contribution in [3.8, 4) is 16.9 Å². The van der Waals surface area contributed by atoms with Crippen molar-refractivity contribution in [1.29, 1.82) is 0 Å². The van der Waals surface area contributed by atoms with Crippen molar-refractivity contribution in [3.63, 3.8) is 0 Å². The molecule has 1 N–H and O–H groups in total. The number of hydrogen-bond donors (Lipinski definition) is 1. The molecule has 2 aromatic carbocycles. The molecule has 0 saturated carbocycles. The summed E-state index contributed by atoms with van der Waals surface area (Å²) in [5, 5.41) is 4.75. The summed E-state index contributed by atoms with van der Waals surface area (Å²) >= 11 is 7.33. The number of amides is 1. The van der Waals surface area contributed by atoms with Gasteiger partial charge in [-0.1, -0.05) is 41.9 Å². The molecule has 0 aliphatic heterocycles. The smallest absolute Gasteiger partial charge is 0.387 e. The number of esters is 2. The van der Waals surface area contributed by atoms with Crippen molar-refractivity contribution >= 4 is 45.8 Å². The van der Waals surface area contributed by atoms with E-state index in [1.54, 1.807) is 36.6 Å². The summed E-state index contributed by atoms with van der Waals surface area (Å²) < 4.78 is 39.4. The number of ether oxygens (including phenoxy) is 3. The molecule has 0 saturated heterocycles. The number of anilines is 1. The molecule has 0 radical (unpaired) electrons. The van der Waals surface area contributed by atoms with E-state index in [0.29, 0.717) is 16.1 Å². The summed E-state index contributed by atoms with van der Waals surface area (Å²) in [4.78, 5) is 37.3. The van der Waals surface area contributed by atoms with Crippen molar-refractivity contribution in [3.05, 3.63) is 70.1 Å². The van der Waals surface area contributed by atoms with Crippen LogP contribution in [0.25, 0.3) is 11.1 Å². The molecule has 7 nitrogen and oxygen atoms in total. The SMILES string of the molecule is CCOC(=O)c1c(-c2ccccc2Cl)csc1NC(=O)COC(=O)c1ccccc1OC(F)F. The maximum atomic E-state index is 12.6.